The molecule has 1 amide bonds. The number of carbonyl (C=O) groups excluding carboxylic acids is 1. The first-order valence-corrected chi connectivity index (χ1v) is 6.64. The van der Waals surface area contributed by atoms with Crippen LogP contribution < -0.4 is 5.32 Å². The van der Waals surface area contributed by atoms with Gasteiger partial charge in [-0.2, -0.15) is 0 Å². The molecule has 0 spiro atoms. The SMILES string of the molecule is CCc1cccc(NC(=O)c2cc(C)cc(Cl)c2)c1. The Hall–Kier alpha value is -1.80. The van der Waals surface area contributed by atoms with Crippen LogP contribution >= 0.6 is 11.6 Å². The van der Waals surface area contributed by atoms with Gasteiger partial charge in [0.1, 0.15) is 0 Å². The van der Waals surface area contributed by atoms with Gasteiger partial charge >= 0.3 is 0 Å². The second-order valence-electron chi connectivity index (χ2n) is 4.53. The van der Waals surface area contributed by atoms with E-state index < -0.39 is 0 Å². The maximum atomic E-state index is 12.1. The lowest BCUT2D eigenvalue weighted by atomic mass is 10.1. The van der Waals surface area contributed by atoms with E-state index in [0.29, 0.717) is 10.6 Å². The van der Waals surface area contributed by atoms with Gasteiger partial charge in [-0.1, -0.05) is 30.7 Å². The van der Waals surface area contributed by atoms with Gasteiger partial charge in [-0.15, -0.1) is 0 Å². The average molecular weight is 274 g/mol. The molecule has 0 aliphatic rings. The molecule has 0 unspecified atom stereocenters. The zero-order chi connectivity index (χ0) is 13.8. The molecule has 0 saturated carbocycles. The predicted octanol–water partition coefficient (Wildman–Crippen LogP) is 4.46. The molecule has 0 atom stereocenters. The lowest BCUT2D eigenvalue weighted by Gasteiger charge is -2.08. The average Bonchev–Trinajstić information content (AvgIpc) is 2.37. The number of anilines is 1. The number of hydrogen-bond donors (Lipinski definition) is 1. The van der Waals surface area contributed by atoms with E-state index in [1.54, 1.807) is 6.07 Å². The van der Waals surface area contributed by atoms with Gasteiger partial charge in [-0.05, 0) is 54.8 Å². The zero-order valence-corrected chi connectivity index (χ0v) is 11.8. The topological polar surface area (TPSA) is 29.1 Å². The summed E-state index contributed by atoms with van der Waals surface area (Å²) in [4.78, 5) is 12.1. The monoisotopic (exact) mass is 273 g/mol. The zero-order valence-electron chi connectivity index (χ0n) is 11.0. The normalized spacial score (nSPS) is 10.3. The predicted molar refractivity (Wildman–Crippen MR) is 80.0 cm³/mol. The van der Waals surface area contributed by atoms with Crippen molar-refractivity contribution < 1.29 is 4.79 Å². The molecule has 0 aliphatic carbocycles. The van der Waals surface area contributed by atoms with Crippen LogP contribution in [-0.2, 0) is 6.42 Å². The van der Waals surface area contributed by atoms with Crippen molar-refractivity contribution in [3.63, 3.8) is 0 Å². The summed E-state index contributed by atoms with van der Waals surface area (Å²) in [6, 6.07) is 13.2. The van der Waals surface area contributed by atoms with Crippen LogP contribution in [0.15, 0.2) is 42.5 Å². The minimum absolute atomic E-state index is 0.140. The molecule has 0 bridgehead atoms. The fourth-order valence-corrected chi connectivity index (χ4v) is 2.23. The molecular formula is C16H16ClNO. The van der Waals surface area contributed by atoms with E-state index in [0.717, 1.165) is 17.7 Å². The first kappa shape index (κ1) is 13.6. The molecule has 2 aromatic carbocycles. The molecule has 0 radical (unpaired) electrons. The summed E-state index contributed by atoms with van der Waals surface area (Å²) >= 11 is 5.96. The van der Waals surface area contributed by atoms with Gasteiger partial charge in [0.25, 0.3) is 5.91 Å². The Balaban J connectivity index is 2.20. The number of amides is 1. The van der Waals surface area contributed by atoms with Gasteiger partial charge in [0.2, 0.25) is 0 Å². The van der Waals surface area contributed by atoms with Crippen molar-refractivity contribution in [1.29, 1.82) is 0 Å². The number of benzene rings is 2. The maximum Gasteiger partial charge on any atom is 0.255 e. The molecule has 0 aromatic heterocycles. The Labute approximate surface area is 118 Å². The van der Waals surface area contributed by atoms with Crippen molar-refractivity contribution in [3.05, 3.63) is 64.2 Å². The van der Waals surface area contributed by atoms with Crippen LogP contribution in [0.1, 0.15) is 28.4 Å². The van der Waals surface area contributed by atoms with Gasteiger partial charge < -0.3 is 5.32 Å². The van der Waals surface area contributed by atoms with Crippen LogP contribution in [0, 0.1) is 6.92 Å². The van der Waals surface area contributed by atoms with E-state index in [9.17, 15) is 4.79 Å². The quantitative estimate of drug-likeness (QED) is 0.879. The van der Waals surface area contributed by atoms with Crippen LogP contribution in [0.25, 0.3) is 0 Å². The first-order valence-electron chi connectivity index (χ1n) is 6.26. The van der Waals surface area contributed by atoms with E-state index in [1.165, 1.54) is 5.56 Å². The molecule has 0 aliphatic heterocycles. The number of hydrogen-bond acceptors (Lipinski definition) is 1. The van der Waals surface area contributed by atoms with E-state index in [4.69, 9.17) is 11.6 Å². The van der Waals surface area contributed by atoms with Crippen molar-refractivity contribution in [3.8, 4) is 0 Å². The van der Waals surface area contributed by atoms with Crippen LogP contribution in [0.5, 0.6) is 0 Å². The highest BCUT2D eigenvalue weighted by Crippen LogP contribution is 2.17. The molecule has 0 heterocycles. The lowest BCUT2D eigenvalue weighted by Crippen LogP contribution is -2.12. The van der Waals surface area contributed by atoms with Gasteiger partial charge in [0, 0.05) is 16.3 Å². The first-order chi connectivity index (χ1) is 9.08. The van der Waals surface area contributed by atoms with Gasteiger partial charge in [-0.25, -0.2) is 0 Å². The van der Waals surface area contributed by atoms with Crippen LogP contribution in [0.4, 0.5) is 5.69 Å². The third kappa shape index (κ3) is 3.58. The summed E-state index contributed by atoms with van der Waals surface area (Å²) < 4.78 is 0. The Morgan fingerprint density at radius 2 is 2.00 bits per heavy atom. The summed E-state index contributed by atoms with van der Waals surface area (Å²) in [5, 5.41) is 3.47. The molecule has 98 valence electrons. The minimum Gasteiger partial charge on any atom is -0.322 e. The number of rotatable bonds is 3. The number of carbonyl (C=O) groups is 1. The van der Waals surface area contributed by atoms with Crippen molar-refractivity contribution >= 4 is 23.2 Å². The highest BCUT2D eigenvalue weighted by atomic mass is 35.5. The molecule has 2 aromatic rings. The third-order valence-electron chi connectivity index (χ3n) is 2.90. The largest absolute Gasteiger partial charge is 0.322 e. The highest BCUT2D eigenvalue weighted by molar-refractivity contribution is 6.31. The summed E-state index contributed by atoms with van der Waals surface area (Å²) in [7, 11) is 0. The number of aryl methyl sites for hydroxylation is 2. The second-order valence-corrected chi connectivity index (χ2v) is 4.96. The standard InChI is InChI=1S/C16H16ClNO/c1-3-12-5-4-6-15(9-12)18-16(19)13-7-11(2)8-14(17)10-13/h4-10H,3H2,1-2H3,(H,18,19). The van der Waals surface area contributed by atoms with Gasteiger partial charge in [0.05, 0.1) is 0 Å². The minimum atomic E-state index is -0.140. The van der Waals surface area contributed by atoms with Crippen molar-refractivity contribution in [1.82, 2.24) is 0 Å². The van der Waals surface area contributed by atoms with Gasteiger partial charge in [-0.3, -0.25) is 4.79 Å². The van der Waals surface area contributed by atoms with Crippen LogP contribution in [0.3, 0.4) is 0 Å². The third-order valence-corrected chi connectivity index (χ3v) is 3.12. The molecule has 1 N–H and O–H groups in total. The van der Waals surface area contributed by atoms with Gasteiger partial charge in [0.15, 0.2) is 0 Å². The Kier molecular flexibility index (Phi) is 4.23. The Bertz CT molecular complexity index is 587. The smallest absolute Gasteiger partial charge is 0.255 e. The van der Waals surface area contributed by atoms with Crippen molar-refractivity contribution in [2.24, 2.45) is 0 Å². The molecule has 19 heavy (non-hydrogen) atoms. The fraction of sp³-hybridized carbons (Fsp3) is 0.188. The van der Waals surface area contributed by atoms with Crippen LogP contribution in [-0.4, -0.2) is 5.91 Å². The molecule has 2 rings (SSSR count). The molecule has 3 heteroatoms. The lowest BCUT2D eigenvalue weighted by molar-refractivity contribution is 0.102. The Morgan fingerprint density at radius 3 is 2.68 bits per heavy atom. The summed E-state index contributed by atoms with van der Waals surface area (Å²) in [5.74, 6) is -0.140. The van der Waals surface area contributed by atoms with E-state index in [1.807, 2.05) is 43.3 Å². The second kappa shape index (κ2) is 5.89. The Morgan fingerprint density at radius 1 is 1.21 bits per heavy atom. The van der Waals surface area contributed by atoms with Crippen LogP contribution in [0.2, 0.25) is 5.02 Å². The van der Waals surface area contributed by atoms with E-state index >= 15 is 0 Å². The van der Waals surface area contributed by atoms with Crippen molar-refractivity contribution in [2.45, 2.75) is 20.3 Å². The summed E-state index contributed by atoms with van der Waals surface area (Å²) in [6.07, 6.45) is 0.944. The highest BCUT2D eigenvalue weighted by Gasteiger charge is 2.07. The number of nitrogens with one attached hydrogen (secondary N) is 1. The molecule has 0 saturated heterocycles. The van der Waals surface area contributed by atoms with Crippen molar-refractivity contribution in [2.75, 3.05) is 5.32 Å². The molecule has 0 fully saturated rings. The maximum absolute atomic E-state index is 12.1. The van der Waals surface area contributed by atoms with E-state index in [2.05, 4.69) is 12.2 Å². The summed E-state index contributed by atoms with van der Waals surface area (Å²) in [6.45, 7) is 4.00. The fourth-order valence-electron chi connectivity index (χ4n) is 1.94. The molecular weight excluding hydrogens is 258 g/mol. The summed E-state index contributed by atoms with van der Waals surface area (Å²) in [5.41, 5.74) is 3.55. The number of halogens is 1. The van der Waals surface area contributed by atoms with E-state index in [-0.39, 0.29) is 5.91 Å². The molecule has 2 nitrogen and oxygen atoms in total.